The summed E-state index contributed by atoms with van der Waals surface area (Å²) < 4.78 is 0. The van der Waals surface area contributed by atoms with Crippen molar-refractivity contribution in [2.24, 2.45) is 0 Å². The van der Waals surface area contributed by atoms with Crippen molar-refractivity contribution >= 4 is 36.9 Å². The molecule has 2 aromatic carbocycles. The molecule has 2 aliphatic rings. The number of hydrogen-bond donors (Lipinski definition) is 1. The van der Waals surface area contributed by atoms with Gasteiger partial charge in [-0.3, -0.25) is 4.79 Å². The first-order valence-corrected chi connectivity index (χ1v) is 12.0. The summed E-state index contributed by atoms with van der Waals surface area (Å²) >= 11 is 3.45. The van der Waals surface area contributed by atoms with Crippen LogP contribution in [-0.2, 0) is 25.7 Å². The van der Waals surface area contributed by atoms with E-state index in [1.807, 2.05) is 53.9 Å². The van der Waals surface area contributed by atoms with Gasteiger partial charge in [0.2, 0.25) is 0 Å². The van der Waals surface area contributed by atoms with E-state index in [-0.39, 0.29) is 52.6 Å². The summed E-state index contributed by atoms with van der Waals surface area (Å²) in [6, 6.07) is 20.1. The van der Waals surface area contributed by atoms with Crippen molar-refractivity contribution in [3.8, 4) is 0 Å². The van der Waals surface area contributed by atoms with Crippen molar-refractivity contribution in [2.45, 2.75) is 39.2 Å². The molecule has 2 aromatic heterocycles. The standard InChI is InChI=1S/C13H12OS.C13H10OS.CH4.B.Na.H/c2*14-13-10-4-2-1-3-9(10)5-6-12-11(13)7-8-15-12;;;;/h1-4,7-8,13-14H,5-6H2;1-4,7-8H,5-6H2;1H4;;;/q;;;;+1;-1. The minimum atomic E-state index is -0.426. The van der Waals surface area contributed by atoms with E-state index in [0.717, 1.165) is 47.9 Å². The van der Waals surface area contributed by atoms with Crippen LogP contribution >= 0.6 is 22.7 Å². The molecule has 33 heavy (non-hydrogen) atoms. The number of aliphatic hydroxyl groups excluding tert-OH is 1. The van der Waals surface area contributed by atoms with Gasteiger partial charge in [-0.2, -0.15) is 0 Å². The van der Waals surface area contributed by atoms with Crippen LogP contribution < -0.4 is 29.6 Å². The maximum atomic E-state index is 12.2. The zero-order valence-electron chi connectivity index (χ0n) is 19.1. The number of ketones is 1. The number of carbonyl (C=O) groups excluding carboxylic acids is 1. The largest absolute Gasteiger partial charge is 1.00 e. The monoisotopic (exact) mass is 481 g/mol. The molecule has 1 N–H and O–H groups in total. The molecule has 1 unspecified atom stereocenters. The third-order valence-corrected chi connectivity index (χ3v) is 7.90. The molecule has 2 aliphatic carbocycles. The average molecular weight is 481 g/mol. The molecule has 6 rings (SSSR count). The van der Waals surface area contributed by atoms with Gasteiger partial charge in [0.25, 0.3) is 0 Å². The van der Waals surface area contributed by atoms with Gasteiger partial charge < -0.3 is 6.53 Å². The predicted octanol–water partition coefficient (Wildman–Crippen LogP) is 3.38. The molecule has 0 saturated heterocycles. The van der Waals surface area contributed by atoms with Crippen LogP contribution in [0.2, 0.25) is 0 Å². The quantitative estimate of drug-likeness (QED) is 0.391. The molecule has 1 atom stereocenters. The molecule has 3 radical (unpaired) electrons. The second kappa shape index (κ2) is 12.3. The van der Waals surface area contributed by atoms with Crippen LogP contribution in [0.3, 0.4) is 0 Å². The second-order valence-electron chi connectivity index (χ2n) is 7.64. The van der Waals surface area contributed by atoms with E-state index in [1.54, 1.807) is 22.7 Å². The molecule has 0 spiro atoms. The smallest absolute Gasteiger partial charge is 1.00 e. The van der Waals surface area contributed by atoms with E-state index in [0.29, 0.717) is 0 Å². The third-order valence-electron chi connectivity index (χ3n) is 5.92. The normalized spacial score (nSPS) is 15.2. The van der Waals surface area contributed by atoms with Gasteiger partial charge >= 0.3 is 29.6 Å². The molecule has 163 valence electrons. The first-order valence-electron chi connectivity index (χ1n) is 10.2. The topological polar surface area (TPSA) is 37.3 Å². The molecule has 2 heterocycles. The number of fused-ring (bicyclic) bond motifs is 4. The van der Waals surface area contributed by atoms with Crippen molar-refractivity contribution in [3.63, 3.8) is 0 Å². The van der Waals surface area contributed by atoms with Gasteiger partial charge in [0.05, 0.1) is 0 Å². The molecule has 0 fully saturated rings. The van der Waals surface area contributed by atoms with E-state index in [9.17, 15) is 9.90 Å². The van der Waals surface area contributed by atoms with Gasteiger partial charge in [0.1, 0.15) is 6.10 Å². The number of aliphatic hydroxyl groups is 1. The van der Waals surface area contributed by atoms with Crippen molar-refractivity contribution < 1.29 is 40.9 Å². The zero-order valence-corrected chi connectivity index (χ0v) is 21.7. The van der Waals surface area contributed by atoms with Gasteiger partial charge in [-0.15, -0.1) is 22.7 Å². The van der Waals surface area contributed by atoms with Gasteiger partial charge in [-0.05, 0) is 70.8 Å². The maximum Gasteiger partial charge on any atom is 1.00 e. The molecule has 0 saturated carbocycles. The Kier molecular flexibility index (Phi) is 10.4. The predicted molar refractivity (Wildman–Crippen MR) is 137 cm³/mol. The van der Waals surface area contributed by atoms with Crippen molar-refractivity contribution in [2.75, 3.05) is 0 Å². The van der Waals surface area contributed by atoms with Crippen LogP contribution in [0.1, 0.15) is 62.9 Å². The van der Waals surface area contributed by atoms with Crippen LogP contribution in [0.4, 0.5) is 0 Å². The number of aryl methyl sites for hydroxylation is 4. The summed E-state index contributed by atoms with van der Waals surface area (Å²) in [5.74, 6) is 0.194. The van der Waals surface area contributed by atoms with Crippen LogP contribution in [0.25, 0.3) is 0 Å². The van der Waals surface area contributed by atoms with Crippen molar-refractivity contribution in [1.29, 1.82) is 0 Å². The van der Waals surface area contributed by atoms with E-state index < -0.39 is 6.10 Å². The minimum absolute atomic E-state index is 0. The number of rotatable bonds is 0. The molecule has 0 amide bonds. The van der Waals surface area contributed by atoms with Crippen molar-refractivity contribution in [3.05, 3.63) is 115 Å². The number of hydrogen-bond acceptors (Lipinski definition) is 4. The second-order valence-corrected chi connectivity index (χ2v) is 9.65. The van der Waals surface area contributed by atoms with Crippen LogP contribution in [0, 0.1) is 0 Å². The number of benzene rings is 2. The average Bonchev–Trinajstić information content (AvgIpc) is 3.40. The maximum absolute atomic E-state index is 12.2. The molecule has 2 nitrogen and oxygen atoms in total. The van der Waals surface area contributed by atoms with Crippen LogP contribution in [0.15, 0.2) is 71.4 Å². The van der Waals surface area contributed by atoms with Gasteiger partial charge in [-0.25, -0.2) is 0 Å². The number of carbonyl (C=O) groups is 1. The molecular weight excluding hydrogens is 454 g/mol. The van der Waals surface area contributed by atoms with E-state index in [4.69, 9.17) is 0 Å². The first kappa shape index (κ1) is 27.8. The Hall–Kier alpha value is -1.47. The van der Waals surface area contributed by atoms with E-state index in [1.165, 1.54) is 20.9 Å². The fourth-order valence-corrected chi connectivity index (χ4v) is 6.12. The molecule has 6 heteroatoms. The Morgan fingerprint density at radius 3 is 2.15 bits per heavy atom. The van der Waals surface area contributed by atoms with Gasteiger partial charge in [0.15, 0.2) is 5.78 Å². The zero-order chi connectivity index (χ0) is 20.5. The van der Waals surface area contributed by atoms with E-state index in [2.05, 4.69) is 17.5 Å². The molecule has 4 aromatic rings. The Morgan fingerprint density at radius 1 is 0.727 bits per heavy atom. The Morgan fingerprint density at radius 2 is 1.33 bits per heavy atom. The SMILES string of the molecule is C.O=C1c2ccccc2CCc2sccc21.OC1c2ccccc2CCc2sccc21.[B].[H-].[Na+]. The van der Waals surface area contributed by atoms with Gasteiger partial charge in [-0.1, -0.05) is 56.0 Å². The van der Waals surface area contributed by atoms with E-state index >= 15 is 0 Å². The fourth-order valence-electron chi connectivity index (χ4n) is 4.33. The molecule has 0 bridgehead atoms. The van der Waals surface area contributed by atoms with Crippen molar-refractivity contribution in [1.82, 2.24) is 0 Å². The summed E-state index contributed by atoms with van der Waals surface area (Å²) in [7, 11) is 0. The summed E-state index contributed by atoms with van der Waals surface area (Å²) in [6.07, 6.45) is 3.65. The number of thiophene rings is 2. The Balaban J connectivity index is 0.000000304. The molecular formula is C27H27BNaO2S2. The molecule has 0 aliphatic heterocycles. The minimum Gasteiger partial charge on any atom is -1.00 e. The van der Waals surface area contributed by atoms with Gasteiger partial charge in [0, 0.05) is 29.3 Å². The third kappa shape index (κ3) is 5.62. The van der Waals surface area contributed by atoms with Crippen LogP contribution in [0.5, 0.6) is 0 Å². The fraction of sp³-hybridized carbons (Fsp3) is 0.222. The Bertz CT molecular complexity index is 1220. The summed E-state index contributed by atoms with van der Waals surface area (Å²) in [4.78, 5) is 14.8. The first-order chi connectivity index (χ1) is 14.7. The summed E-state index contributed by atoms with van der Waals surface area (Å²) in [5, 5.41) is 14.4. The summed E-state index contributed by atoms with van der Waals surface area (Å²) in [6.45, 7) is 0. The summed E-state index contributed by atoms with van der Waals surface area (Å²) in [5.41, 5.74) is 6.44. The Labute approximate surface area is 230 Å². The van der Waals surface area contributed by atoms with Crippen LogP contribution in [-0.4, -0.2) is 19.3 Å².